The van der Waals surface area contributed by atoms with Gasteiger partial charge in [0.2, 0.25) is 5.91 Å². The molecule has 16 nitrogen and oxygen atoms in total. The summed E-state index contributed by atoms with van der Waals surface area (Å²) in [5.74, 6) is -1.42. The number of carbonyl (C=O) groups excluding carboxylic acids is 4. The van der Waals surface area contributed by atoms with Gasteiger partial charge in [-0.1, -0.05) is 67.0 Å². The second-order valence-electron chi connectivity index (χ2n) is 17.4. The van der Waals surface area contributed by atoms with Crippen LogP contribution in [-0.4, -0.2) is 134 Å². The van der Waals surface area contributed by atoms with Crippen molar-refractivity contribution in [1.82, 2.24) is 39.1 Å². The highest BCUT2D eigenvalue weighted by atomic mass is 35.5. The third-order valence-corrected chi connectivity index (χ3v) is 12.4. The first-order valence-electron chi connectivity index (χ1n) is 24.6. The van der Waals surface area contributed by atoms with E-state index in [9.17, 15) is 32.8 Å². The molecule has 0 saturated carbocycles. The van der Waals surface area contributed by atoms with E-state index in [0.717, 1.165) is 76.3 Å². The molecule has 0 spiro atoms. The van der Waals surface area contributed by atoms with Crippen LogP contribution in [0.15, 0.2) is 122 Å². The zero-order valence-corrected chi connectivity index (χ0v) is 43.7. The van der Waals surface area contributed by atoms with Crippen molar-refractivity contribution in [3.63, 3.8) is 0 Å². The first-order valence-corrected chi connectivity index (χ1v) is 25.4. The van der Waals surface area contributed by atoms with Gasteiger partial charge in [-0.05, 0) is 85.0 Å². The molecule has 2 N–H and O–H groups in total. The minimum atomic E-state index is -0.946. The standard InChI is InChI=1S/C24H28ClFN2O3.C13H20N2O.C11H10ClFO3.C7H6N4O.CH4/c1-2-31-20-9-6-18(7-10-20)17-27-12-14-28(15-13-27)24(30)5-3-4-23(29)21-11-8-19(26)16-22(21)25;1-16-11-13-4-2-12(3-5-13)10-15-8-6-14-7-9-15;12-9-6-7(13)4-5-8(9)10(14)2-1-3-11(15)16;12-7(10-3-1-8-5-10)11-4-2-9-6-11;/h6-11,16H,2-5,12-15,17H2,1H3;2-5,14H,6-11H2,1H3;4-6H,1-3H2,(H,15,16);1-6H;1H4. The normalized spacial score (nSPS) is 13.3. The number of ketones is 2. The van der Waals surface area contributed by atoms with Gasteiger partial charge in [-0.25, -0.2) is 23.5 Å². The topological polar surface area (TPSA) is 181 Å². The van der Waals surface area contributed by atoms with Crippen molar-refractivity contribution in [2.75, 3.05) is 66.1 Å². The van der Waals surface area contributed by atoms with Gasteiger partial charge in [0.25, 0.3) is 0 Å². The Morgan fingerprint density at radius 3 is 1.57 bits per heavy atom. The third-order valence-electron chi connectivity index (χ3n) is 11.8. The number of carbonyl (C=O) groups is 5. The highest BCUT2D eigenvalue weighted by molar-refractivity contribution is 6.34. The number of aliphatic carboxylic acids is 1. The molecule has 0 radical (unpaired) electrons. The second kappa shape index (κ2) is 33.4. The molecule has 2 fully saturated rings. The summed E-state index contributed by atoms with van der Waals surface area (Å²) in [5.41, 5.74) is 4.39. The van der Waals surface area contributed by atoms with Crippen LogP contribution >= 0.6 is 23.2 Å². The molecule has 2 aromatic heterocycles. The summed E-state index contributed by atoms with van der Waals surface area (Å²) in [5, 5.41) is 11.9. The monoisotopic (exact) mass is 1090 g/mol. The fraction of sp³-hybridized carbons (Fsp3) is 0.375. The zero-order chi connectivity index (χ0) is 54.0. The van der Waals surface area contributed by atoms with E-state index in [4.69, 9.17) is 37.8 Å². The number of hydrogen-bond donors (Lipinski definition) is 2. The maximum Gasteiger partial charge on any atom is 0.338 e. The fourth-order valence-electron chi connectivity index (χ4n) is 7.84. The number of rotatable bonds is 18. The molecular weight excluding hydrogens is 1020 g/mol. The van der Waals surface area contributed by atoms with Crippen LogP contribution in [0.2, 0.25) is 10.0 Å². The first-order chi connectivity index (χ1) is 36.2. The SMILES string of the molecule is C.CCOc1ccc(CN2CCN(C(=O)CCCC(=O)c3ccc(F)cc3Cl)CC2)cc1.COCc1ccc(CN2CCNCC2)cc1.O=C(O)CCCC(=O)c1ccc(F)cc1Cl.O=C(n1ccnc1)n1ccnc1. The zero-order valence-electron chi connectivity index (χ0n) is 42.2. The van der Waals surface area contributed by atoms with Crippen molar-refractivity contribution in [1.29, 1.82) is 0 Å². The Labute approximate surface area is 453 Å². The van der Waals surface area contributed by atoms with Gasteiger partial charge in [0.05, 0.1) is 23.3 Å². The number of nitrogens with zero attached hydrogens (tertiary/aromatic N) is 7. The van der Waals surface area contributed by atoms with Crippen molar-refractivity contribution < 1.29 is 47.3 Å². The molecule has 0 bridgehead atoms. The molecule has 2 aliphatic rings. The van der Waals surface area contributed by atoms with E-state index in [1.807, 2.05) is 24.0 Å². The van der Waals surface area contributed by atoms with Gasteiger partial charge in [-0.2, -0.15) is 0 Å². The summed E-state index contributed by atoms with van der Waals surface area (Å²) in [6.07, 6.45) is 10.4. The highest BCUT2D eigenvalue weighted by Gasteiger charge is 2.22. The number of ether oxygens (including phenoxy) is 2. The maximum absolute atomic E-state index is 13.1. The van der Waals surface area contributed by atoms with Gasteiger partial charge in [0, 0.05) is 134 Å². The van der Waals surface area contributed by atoms with Crippen molar-refractivity contribution >= 4 is 52.7 Å². The van der Waals surface area contributed by atoms with Crippen LogP contribution in [0.3, 0.4) is 0 Å². The van der Waals surface area contributed by atoms with E-state index in [0.29, 0.717) is 44.7 Å². The summed E-state index contributed by atoms with van der Waals surface area (Å²) < 4.78 is 39.1. The number of piperazine rings is 2. The number of nitrogens with one attached hydrogen (secondary N) is 1. The quantitative estimate of drug-likeness (QED) is 0.0777. The molecule has 0 aliphatic carbocycles. The third kappa shape index (κ3) is 21.5. The summed E-state index contributed by atoms with van der Waals surface area (Å²) in [6, 6.07) is 23.9. The maximum atomic E-state index is 13.1. The largest absolute Gasteiger partial charge is 0.494 e. The van der Waals surface area contributed by atoms with Crippen LogP contribution in [0.1, 0.15) is 90.3 Å². The Kier molecular flexibility index (Phi) is 27.2. The van der Waals surface area contributed by atoms with Gasteiger partial charge in [-0.3, -0.25) is 38.1 Å². The number of hydrogen-bond acceptors (Lipinski definition) is 12. The number of carboxylic acid groups (broad SMARTS) is 1. The van der Waals surface area contributed by atoms with Gasteiger partial charge in [0.15, 0.2) is 11.6 Å². The smallest absolute Gasteiger partial charge is 0.338 e. The molecule has 1 amide bonds. The molecule has 76 heavy (non-hydrogen) atoms. The average molecular weight is 1090 g/mol. The molecule has 2 saturated heterocycles. The molecule has 6 aromatic rings. The van der Waals surface area contributed by atoms with E-state index in [1.165, 1.54) is 56.7 Å². The lowest BCUT2D eigenvalue weighted by molar-refractivity contribution is -0.137. The summed E-state index contributed by atoms with van der Waals surface area (Å²) in [4.78, 5) is 72.2. The summed E-state index contributed by atoms with van der Waals surface area (Å²) >= 11 is 11.6. The molecule has 0 unspecified atom stereocenters. The molecule has 408 valence electrons. The van der Waals surface area contributed by atoms with Crippen LogP contribution in [0.4, 0.5) is 13.6 Å². The van der Waals surface area contributed by atoms with Gasteiger partial charge in [-0.15, -0.1) is 0 Å². The van der Waals surface area contributed by atoms with Gasteiger partial charge in [0.1, 0.15) is 30.0 Å². The van der Waals surface area contributed by atoms with Crippen LogP contribution in [-0.2, 0) is 34.0 Å². The number of halogens is 4. The Bertz CT molecular complexity index is 2660. The molecular formula is C56H68Cl2F2N8O8. The average Bonchev–Trinajstić information content (AvgIpc) is 4.16. The van der Waals surface area contributed by atoms with E-state index in [2.05, 4.69) is 61.5 Å². The van der Waals surface area contributed by atoms with E-state index in [1.54, 1.807) is 31.9 Å². The predicted octanol–water partition coefficient (Wildman–Crippen LogP) is 9.96. The summed E-state index contributed by atoms with van der Waals surface area (Å²) in [7, 11) is 1.73. The molecule has 2 aliphatic heterocycles. The minimum Gasteiger partial charge on any atom is -0.494 e. The Morgan fingerprint density at radius 1 is 0.645 bits per heavy atom. The molecule has 0 atom stereocenters. The van der Waals surface area contributed by atoms with Crippen LogP contribution in [0.25, 0.3) is 0 Å². The lowest BCUT2D eigenvalue weighted by Gasteiger charge is -2.34. The lowest BCUT2D eigenvalue weighted by atomic mass is 10.0. The lowest BCUT2D eigenvalue weighted by Crippen LogP contribution is -2.48. The summed E-state index contributed by atoms with van der Waals surface area (Å²) in [6.45, 7) is 12.8. The number of amides is 1. The number of benzene rings is 4. The molecule has 8 rings (SSSR count). The Morgan fingerprint density at radius 2 is 1.12 bits per heavy atom. The van der Waals surface area contributed by atoms with Crippen LogP contribution < -0.4 is 10.1 Å². The van der Waals surface area contributed by atoms with E-state index < -0.39 is 17.6 Å². The minimum absolute atomic E-state index is 0. The molecule has 4 aromatic carbocycles. The predicted molar refractivity (Wildman–Crippen MR) is 289 cm³/mol. The number of aromatic nitrogens is 4. The number of Topliss-reactive ketones (excluding diaryl/α,β-unsaturated/α-hetero) is 2. The van der Waals surface area contributed by atoms with Crippen LogP contribution in [0, 0.1) is 11.6 Å². The van der Waals surface area contributed by atoms with E-state index >= 15 is 0 Å². The first kappa shape index (κ1) is 61.9. The fourth-order valence-corrected chi connectivity index (χ4v) is 8.39. The molecule has 4 heterocycles. The number of carboxylic acids is 1. The highest BCUT2D eigenvalue weighted by Crippen LogP contribution is 2.22. The van der Waals surface area contributed by atoms with Gasteiger partial charge < -0.3 is 24.8 Å². The van der Waals surface area contributed by atoms with Crippen LogP contribution in [0.5, 0.6) is 5.75 Å². The van der Waals surface area contributed by atoms with Crippen molar-refractivity contribution in [2.45, 2.75) is 72.6 Å². The number of methoxy groups -OCH3 is 1. The van der Waals surface area contributed by atoms with Gasteiger partial charge >= 0.3 is 12.0 Å². The van der Waals surface area contributed by atoms with Crippen molar-refractivity contribution in [3.8, 4) is 5.75 Å². The Hall–Kier alpha value is -6.67. The number of imidazole rings is 2. The van der Waals surface area contributed by atoms with Crippen molar-refractivity contribution in [2.24, 2.45) is 0 Å². The second-order valence-corrected chi connectivity index (χ2v) is 18.2. The van der Waals surface area contributed by atoms with Crippen molar-refractivity contribution in [3.05, 3.63) is 172 Å². The molecule has 20 heteroatoms. The van der Waals surface area contributed by atoms with E-state index in [-0.39, 0.29) is 72.2 Å². The Balaban J connectivity index is 0.000000235.